The monoisotopic (exact) mass is 393 g/mol. The number of carbonyl (C=O) groups excluding carboxylic acids is 1. The number of nitrogens with zero attached hydrogens (tertiary/aromatic N) is 1. The van der Waals surface area contributed by atoms with Gasteiger partial charge in [0.05, 0.1) is 17.4 Å². The number of pyridine rings is 1. The normalized spacial score (nSPS) is 21.4. The Balaban J connectivity index is 1.61. The molecule has 1 aliphatic rings. The van der Waals surface area contributed by atoms with Gasteiger partial charge in [-0.15, -0.1) is 0 Å². The molecule has 150 valence electrons. The molecule has 0 bridgehead atoms. The number of rotatable bonds is 4. The summed E-state index contributed by atoms with van der Waals surface area (Å²) >= 11 is 0. The smallest absolute Gasteiger partial charge is 0.335 e. The molecule has 1 aromatic carbocycles. The van der Waals surface area contributed by atoms with Gasteiger partial charge in [0.15, 0.2) is 0 Å². The van der Waals surface area contributed by atoms with E-state index >= 15 is 0 Å². The summed E-state index contributed by atoms with van der Waals surface area (Å²) in [6.07, 6.45) is 1.61. The summed E-state index contributed by atoms with van der Waals surface area (Å²) in [4.78, 5) is 31.6. The quantitative estimate of drug-likeness (QED) is 0.465. The van der Waals surface area contributed by atoms with Crippen LogP contribution >= 0.6 is 0 Å². The van der Waals surface area contributed by atoms with Crippen LogP contribution in [0, 0.1) is 12.8 Å². The first-order valence-electron chi connectivity index (χ1n) is 9.49. The number of aromatic amines is 1. The van der Waals surface area contributed by atoms with E-state index in [0.29, 0.717) is 16.9 Å². The molecule has 1 saturated heterocycles. The number of hydrogen-bond donors (Lipinski definition) is 5. The third kappa shape index (κ3) is 3.48. The molecule has 0 spiro atoms. The first kappa shape index (κ1) is 19.1. The van der Waals surface area contributed by atoms with Gasteiger partial charge in [0.1, 0.15) is 11.7 Å². The van der Waals surface area contributed by atoms with Crippen molar-refractivity contribution in [2.45, 2.75) is 32.9 Å². The summed E-state index contributed by atoms with van der Waals surface area (Å²) in [6.45, 7) is 5.84. The Labute approximate surface area is 167 Å². The number of anilines is 1. The van der Waals surface area contributed by atoms with Gasteiger partial charge < -0.3 is 15.4 Å². The molecule has 8 heteroatoms. The number of aromatic carboxylic acids is 1. The maximum Gasteiger partial charge on any atom is 0.335 e. The number of fused-ring (bicyclic) bond motifs is 1. The van der Waals surface area contributed by atoms with Crippen LogP contribution in [-0.2, 0) is 4.79 Å². The van der Waals surface area contributed by atoms with Crippen LogP contribution in [-0.4, -0.2) is 39.0 Å². The van der Waals surface area contributed by atoms with E-state index in [-0.39, 0.29) is 29.5 Å². The average Bonchev–Trinajstić information content (AvgIpc) is 3.25. The lowest BCUT2D eigenvalue weighted by Gasteiger charge is -2.15. The third-order valence-corrected chi connectivity index (χ3v) is 5.66. The number of hydrogen-bond acceptors (Lipinski definition) is 5. The largest absolute Gasteiger partial charge is 0.478 e. The Morgan fingerprint density at radius 1 is 1.17 bits per heavy atom. The van der Waals surface area contributed by atoms with Gasteiger partial charge in [-0.05, 0) is 43.5 Å². The van der Waals surface area contributed by atoms with Crippen LogP contribution in [0.15, 0.2) is 36.5 Å². The number of carbonyl (C=O) groups is 2. The van der Waals surface area contributed by atoms with Crippen LogP contribution in [0.2, 0.25) is 0 Å². The van der Waals surface area contributed by atoms with Gasteiger partial charge in [0, 0.05) is 22.7 Å². The summed E-state index contributed by atoms with van der Waals surface area (Å²) in [6, 6.07) is 8.84. The van der Waals surface area contributed by atoms with E-state index in [0.717, 1.165) is 16.6 Å². The number of carboxylic acids is 1. The van der Waals surface area contributed by atoms with Crippen molar-refractivity contribution in [2.24, 2.45) is 5.92 Å². The molecule has 3 aromatic rings. The van der Waals surface area contributed by atoms with Crippen molar-refractivity contribution in [3.05, 3.63) is 47.7 Å². The van der Waals surface area contributed by atoms with Crippen LogP contribution in [0.25, 0.3) is 22.3 Å². The standard InChI is InChI=1S/C21H23N5O3/c1-10-12(3)25-26-18(10)20(27)23-14-7-13-8-17(24-19(13)22-9-14)15-5-4-6-16(11(15)2)21(28)29/h4-10,12,18,25-26H,1-3H3,(H,22,24)(H,23,27)(H,28,29). The second-order valence-electron chi connectivity index (χ2n) is 7.53. The molecule has 1 amide bonds. The molecule has 3 unspecified atom stereocenters. The minimum Gasteiger partial charge on any atom is -0.478 e. The molecule has 3 heterocycles. The van der Waals surface area contributed by atoms with E-state index in [1.807, 2.05) is 32.0 Å². The van der Waals surface area contributed by atoms with Gasteiger partial charge in [0.25, 0.3) is 0 Å². The SMILES string of the molecule is Cc1c(C(=O)O)cccc1-c1cc2cc(NC(=O)C3NNC(C)C3C)cnc2[nH]1. The van der Waals surface area contributed by atoms with Gasteiger partial charge in [-0.2, -0.15) is 0 Å². The van der Waals surface area contributed by atoms with E-state index in [1.165, 1.54) is 0 Å². The summed E-state index contributed by atoms with van der Waals surface area (Å²) in [5.74, 6) is -0.909. The molecule has 0 saturated carbocycles. The summed E-state index contributed by atoms with van der Waals surface area (Å²) in [5, 5.41) is 13.1. The summed E-state index contributed by atoms with van der Waals surface area (Å²) < 4.78 is 0. The second-order valence-corrected chi connectivity index (χ2v) is 7.53. The first-order valence-corrected chi connectivity index (χ1v) is 9.49. The molecule has 0 radical (unpaired) electrons. The Bertz CT molecular complexity index is 1110. The lowest BCUT2D eigenvalue weighted by atomic mass is 9.97. The minimum absolute atomic E-state index is 0.115. The van der Waals surface area contributed by atoms with Crippen molar-refractivity contribution in [2.75, 3.05) is 5.32 Å². The Morgan fingerprint density at radius 2 is 1.97 bits per heavy atom. The predicted octanol–water partition coefficient (Wildman–Crippen LogP) is 2.68. The highest BCUT2D eigenvalue weighted by atomic mass is 16.4. The lowest BCUT2D eigenvalue weighted by Crippen LogP contribution is -2.41. The average molecular weight is 393 g/mol. The van der Waals surface area contributed by atoms with Gasteiger partial charge in [-0.25, -0.2) is 15.2 Å². The molecule has 1 fully saturated rings. The second kappa shape index (κ2) is 7.31. The molecule has 8 nitrogen and oxygen atoms in total. The van der Waals surface area contributed by atoms with Crippen molar-refractivity contribution < 1.29 is 14.7 Å². The highest BCUT2D eigenvalue weighted by Crippen LogP contribution is 2.29. The van der Waals surface area contributed by atoms with Crippen molar-refractivity contribution in [3.8, 4) is 11.3 Å². The van der Waals surface area contributed by atoms with E-state index in [4.69, 9.17) is 0 Å². The van der Waals surface area contributed by atoms with Crippen LogP contribution in [0.3, 0.4) is 0 Å². The maximum atomic E-state index is 12.6. The fourth-order valence-electron chi connectivity index (χ4n) is 3.69. The molecule has 0 aliphatic carbocycles. The minimum atomic E-state index is -0.956. The number of amides is 1. The molecule has 4 rings (SSSR count). The van der Waals surface area contributed by atoms with Crippen LogP contribution in [0.4, 0.5) is 5.69 Å². The van der Waals surface area contributed by atoms with Crippen molar-refractivity contribution >= 4 is 28.6 Å². The number of carboxylic acid groups (broad SMARTS) is 1. The molecule has 2 aromatic heterocycles. The van der Waals surface area contributed by atoms with E-state index in [2.05, 4.69) is 26.1 Å². The van der Waals surface area contributed by atoms with Gasteiger partial charge in [-0.1, -0.05) is 19.1 Å². The molecule has 1 aliphatic heterocycles. The van der Waals surface area contributed by atoms with E-state index in [1.54, 1.807) is 25.3 Å². The Morgan fingerprint density at radius 3 is 2.66 bits per heavy atom. The first-order chi connectivity index (χ1) is 13.8. The number of aromatic nitrogens is 2. The maximum absolute atomic E-state index is 12.6. The van der Waals surface area contributed by atoms with Crippen molar-refractivity contribution in [1.29, 1.82) is 0 Å². The number of H-pyrrole nitrogens is 1. The lowest BCUT2D eigenvalue weighted by molar-refractivity contribution is -0.118. The van der Waals surface area contributed by atoms with Gasteiger partial charge in [-0.3, -0.25) is 10.2 Å². The predicted molar refractivity (Wildman–Crippen MR) is 111 cm³/mol. The number of nitrogens with one attached hydrogen (secondary N) is 4. The summed E-state index contributed by atoms with van der Waals surface area (Å²) in [5.41, 5.74) is 9.91. The Kier molecular flexibility index (Phi) is 4.81. The zero-order valence-electron chi connectivity index (χ0n) is 16.4. The van der Waals surface area contributed by atoms with E-state index < -0.39 is 5.97 Å². The van der Waals surface area contributed by atoms with Crippen LogP contribution in [0.5, 0.6) is 0 Å². The molecule has 29 heavy (non-hydrogen) atoms. The van der Waals surface area contributed by atoms with Crippen LogP contribution in [0.1, 0.15) is 29.8 Å². The van der Waals surface area contributed by atoms with Crippen LogP contribution < -0.4 is 16.2 Å². The van der Waals surface area contributed by atoms with Gasteiger partial charge in [0.2, 0.25) is 5.91 Å². The highest BCUT2D eigenvalue weighted by molar-refractivity contribution is 5.97. The zero-order chi connectivity index (χ0) is 20.7. The highest BCUT2D eigenvalue weighted by Gasteiger charge is 2.34. The van der Waals surface area contributed by atoms with Gasteiger partial charge >= 0.3 is 5.97 Å². The topological polar surface area (TPSA) is 119 Å². The third-order valence-electron chi connectivity index (χ3n) is 5.66. The Hall–Kier alpha value is -3.23. The fourth-order valence-corrected chi connectivity index (χ4v) is 3.69. The molecular formula is C21H23N5O3. The molecule has 3 atom stereocenters. The fraction of sp³-hybridized carbons (Fsp3) is 0.286. The van der Waals surface area contributed by atoms with E-state index in [9.17, 15) is 14.7 Å². The van der Waals surface area contributed by atoms with Crippen molar-refractivity contribution in [1.82, 2.24) is 20.8 Å². The summed E-state index contributed by atoms with van der Waals surface area (Å²) in [7, 11) is 0. The number of hydrazine groups is 1. The number of benzene rings is 1. The van der Waals surface area contributed by atoms with Crippen molar-refractivity contribution in [3.63, 3.8) is 0 Å². The zero-order valence-corrected chi connectivity index (χ0v) is 16.4. The molecule has 5 N–H and O–H groups in total. The molecular weight excluding hydrogens is 370 g/mol.